The summed E-state index contributed by atoms with van der Waals surface area (Å²) < 4.78 is 2.17. The van der Waals surface area contributed by atoms with Gasteiger partial charge in [0, 0.05) is 23.3 Å². The minimum Gasteiger partial charge on any atom is -0.394 e. The van der Waals surface area contributed by atoms with Gasteiger partial charge in [-0.3, -0.25) is 4.79 Å². The lowest BCUT2D eigenvalue weighted by Crippen LogP contribution is -2.49. The maximum Gasteiger partial charge on any atom is 0.268 e. The molecule has 1 aromatic heterocycles. The molecule has 1 atom stereocenters. The summed E-state index contributed by atoms with van der Waals surface area (Å²) in [4.78, 5) is 17.0. The zero-order chi connectivity index (χ0) is 23.0. The SMILES string of the molecule is N/C(=N\C(=O)Cn1c(-c2ccccc2)ccc1C12CC3CC(CC(C3)C1)C2)NCC(O)CO. The zero-order valence-corrected chi connectivity index (χ0v) is 19.0. The van der Waals surface area contributed by atoms with E-state index in [1.807, 2.05) is 18.2 Å². The second-order valence-electron chi connectivity index (χ2n) is 10.4. The molecule has 2 aromatic rings. The van der Waals surface area contributed by atoms with E-state index >= 15 is 0 Å². The molecular formula is C26H34N4O3. The van der Waals surface area contributed by atoms with Gasteiger partial charge in [0.25, 0.3) is 5.91 Å². The molecule has 0 aliphatic heterocycles. The average Bonchev–Trinajstić information content (AvgIpc) is 3.21. The molecule has 4 saturated carbocycles. The van der Waals surface area contributed by atoms with E-state index in [1.54, 1.807) is 0 Å². The van der Waals surface area contributed by atoms with Crippen molar-refractivity contribution in [3.05, 3.63) is 48.2 Å². The van der Waals surface area contributed by atoms with Crippen molar-refractivity contribution in [2.24, 2.45) is 28.5 Å². The van der Waals surface area contributed by atoms with Crippen LogP contribution in [-0.4, -0.2) is 45.9 Å². The number of nitrogens with two attached hydrogens (primary N) is 1. The Morgan fingerprint density at radius 2 is 1.73 bits per heavy atom. The molecule has 7 heteroatoms. The number of hydrogen-bond acceptors (Lipinski definition) is 3. The van der Waals surface area contributed by atoms with Crippen LogP contribution in [0.2, 0.25) is 0 Å². The number of aromatic nitrogens is 1. The normalized spacial score (nSPS) is 29.3. The number of aliphatic imine (C=N–C) groups is 1. The van der Waals surface area contributed by atoms with Crippen LogP contribution in [0.5, 0.6) is 0 Å². The molecule has 4 aliphatic carbocycles. The molecule has 1 unspecified atom stereocenters. The number of aliphatic hydroxyl groups excluding tert-OH is 2. The molecule has 0 saturated heterocycles. The summed E-state index contributed by atoms with van der Waals surface area (Å²) in [5.74, 6) is 2.05. The lowest BCUT2D eigenvalue weighted by atomic mass is 9.49. The summed E-state index contributed by atoms with van der Waals surface area (Å²) in [5, 5.41) is 21.1. The number of nitrogens with zero attached hydrogens (tertiary/aromatic N) is 2. The van der Waals surface area contributed by atoms with Crippen molar-refractivity contribution in [1.29, 1.82) is 0 Å². The number of amides is 1. The quantitative estimate of drug-likeness (QED) is 0.382. The third-order valence-corrected chi connectivity index (χ3v) is 7.90. The van der Waals surface area contributed by atoms with E-state index in [2.05, 4.69) is 39.1 Å². The van der Waals surface area contributed by atoms with Crippen LogP contribution >= 0.6 is 0 Å². The molecule has 33 heavy (non-hydrogen) atoms. The number of hydrogen-bond donors (Lipinski definition) is 4. The Kier molecular flexibility index (Phi) is 6.01. The van der Waals surface area contributed by atoms with Crippen LogP contribution < -0.4 is 11.1 Å². The van der Waals surface area contributed by atoms with Crippen LogP contribution in [0, 0.1) is 17.8 Å². The third kappa shape index (κ3) is 4.44. The van der Waals surface area contributed by atoms with Gasteiger partial charge in [-0.1, -0.05) is 30.3 Å². The van der Waals surface area contributed by atoms with Crippen LogP contribution in [0.4, 0.5) is 0 Å². The largest absolute Gasteiger partial charge is 0.394 e. The molecule has 1 aromatic carbocycles. The lowest BCUT2D eigenvalue weighted by Gasteiger charge is -2.57. The van der Waals surface area contributed by atoms with Crippen molar-refractivity contribution < 1.29 is 15.0 Å². The zero-order valence-electron chi connectivity index (χ0n) is 19.0. The number of carbonyl (C=O) groups excluding carboxylic acids is 1. The van der Waals surface area contributed by atoms with Gasteiger partial charge in [-0.2, -0.15) is 4.99 Å². The lowest BCUT2D eigenvalue weighted by molar-refractivity contribution is -0.118. The van der Waals surface area contributed by atoms with E-state index in [1.165, 1.54) is 44.2 Å². The second-order valence-corrected chi connectivity index (χ2v) is 10.4. The Morgan fingerprint density at radius 1 is 1.09 bits per heavy atom. The maximum atomic E-state index is 13.0. The molecular weight excluding hydrogens is 416 g/mol. The molecule has 0 spiro atoms. The van der Waals surface area contributed by atoms with E-state index in [0.717, 1.165) is 29.0 Å². The minimum absolute atomic E-state index is 0.0381. The minimum atomic E-state index is -0.953. The number of rotatable bonds is 7. The smallest absolute Gasteiger partial charge is 0.268 e. The summed E-state index contributed by atoms with van der Waals surface area (Å²) >= 11 is 0. The molecule has 176 valence electrons. The van der Waals surface area contributed by atoms with Gasteiger partial charge in [-0.25, -0.2) is 0 Å². The number of nitrogens with one attached hydrogen (secondary N) is 1. The fourth-order valence-corrected chi connectivity index (χ4v) is 7.02. The monoisotopic (exact) mass is 450 g/mol. The van der Waals surface area contributed by atoms with Crippen molar-refractivity contribution in [1.82, 2.24) is 9.88 Å². The molecule has 1 amide bonds. The average molecular weight is 451 g/mol. The van der Waals surface area contributed by atoms with E-state index in [9.17, 15) is 9.90 Å². The first kappa shape index (κ1) is 22.2. The number of benzene rings is 1. The topological polar surface area (TPSA) is 113 Å². The van der Waals surface area contributed by atoms with Crippen LogP contribution in [0.3, 0.4) is 0 Å². The van der Waals surface area contributed by atoms with Crippen LogP contribution in [0.25, 0.3) is 11.3 Å². The Bertz CT molecular complexity index is 994. The number of carbonyl (C=O) groups is 1. The Balaban J connectivity index is 1.45. The predicted octanol–water partition coefficient (Wildman–Crippen LogP) is 2.41. The summed E-state index contributed by atoms with van der Waals surface area (Å²) in [7, 11) is 0. The highest BCUT2D eigenvalue weighted by molar-refractivity contribution is 5.92. The van der Waals surface area contributed by atoms with Crippen molar-refractivity contribution in [3.8, 4) is 11.3 Å². The standard InChI is InChI=1S/C26H34N4O3/c27-25(28-14-21(32)16-31)29-24(33)15-30-22(20-4-2-1-3-5-20)6-7-23(30)26-11-17-8-18(12-26)10-19(9-17)13-26/h1-7,17-19,21,31-32H,8-16H2,(H3,27,28,29,33). The van der Waals surface area contributed by atoms with E-state index in [4.69, 9.17) is 10.8 Å². The van der Waals surface area contributed by atoms with Crippen LogP contribution in [0.1, 0.15) is 44.2 Å². The number of guanidine groups is 1. The van der Waals surface area contributed by atoms with Crippen molar-refractivity contribution in [2.75, 3.05) is 13.2 Å². The molecule has 1 heterocycles. The Labute approximate surface area is 194 Å². The van der Waals surface area contributed by atoms with E-state index in [-0.39, 0.29) is 37.0 Å². The summed E-state index contributed by atoms with van der Waals surface area (Å²) in [6, 6.07) is 14.6. The predicted molar refractivity (Wildman–Crippen MR) is 127 cm³/mol. The van der Waals surface area contributed by atoms with Gasteiger partial charge in [0.2, 0.25) is 0 Å². The van der Waals surface area contributed by atoms with E-state index < -0.39 is 6.10 Å². The molecule has 6 rings (SSSR count). The van der Waals surface area contributed by atoms with Crippen molar-refractivity contribution in [3.63, 3.8) is 0 Å². The van der Waals surface area contributed by atoms with Crippen LogP contribution in [-0.2, 0) is 16.8 Å². The molecule has 0 radical (unpaired) electrons. The van der Waals surface area contributed by atoms with Gasteiger partial charge in [0.15, 0.2) is 5.96 Å². The highest BCUT2D eigenvalue weighted by Crippen LogP contribution is 2.61. The van der Waals surface area contributed by atoms with Crippen LogP contribution in [0.15, 0.2) is 47.5 Å². The van der Waals surface area contributed by atoms with Gasteiger partial charge in [-0.05, 0) is 74.0 Å². The van der Waals surface area contributed by atoms with Gasteiger partial charge >= 0.3 is 0 Å². The number of aliphatic hydroxyl groups is 2. The van der Waals surface area contributed by atoms with Gasteiger partial charge < -0.3 is 25.8 Å². The summed E-state index contributed by atoms with van der Waals surface area (Å²) in [6.45, 7) is -0.220. The molecule has 4 aliphatic rings. The van der Waals surface area contributed by atoms with Gasteiger partial charge in [0.05, 0.1) is 12.7 Å². The van der Waals surface area contributed by atoms with Gasteiger partial charge in [0.1, 0.15) is 6.54 Å². The van der Waals surface area contributed by atoms with E-state index in [0.29, 0.717) is 0 Å². The second kappa shape index (κ2) is 8.95. The Morgan fingerprint density at radius 3 is 2.33 bits per heavy atom. The molecule has 7 nitrogen and oxygen atoms in total. The molecule has 4 bridgehead atoms. The highest BCUT2D eigenvalue weighted by Gasteiger charge is 2.52. The summed E-state index contributed by atoms with van der Waals surface area (Å²) in [5.41, 5.74) is 9.40. The Hall–Kier alpha value is -2.64. The van der Waals surface area contributed by atoms with Gasteiger partial charge in [-0.15, -0.1) is 0 Å². The summed E-state index contributed by atoms with van der Waals surface area (Å²) in [6.07, 6.45) is 6.82. The first-order valence-corrected chi connectivity index (χ1v) is 12.1. The fraction of sp³-hybridized carbons (Fsp3) is 0.538. The molecule has 4 fully saturated rings. The third-order valence-electron chi connectivity index (χ3n) is 7.90. The highest BCUT2D eigenvalue weighted by atomic mass is 16.3. The first-order valence-electron chi connectivity index (χ1n) is 12.1. The van der Waals surface area contributed by atoms with Crippen molar-refractivity contribution in [2.45, 2.75) is 56.6 Å². The van der Waals surface area contributed by atoms with Crippen molar-refractivity contribution >= 4 is 11.9 Å². The molecule has 5 N–H and O–H groups in total. The fourth-order valence-electron chi connectivity index (χ4n) is 7.02. The first-order chi connectivity index (χ1) is 16.0. The maximum absolute atomic E-state index is 13.0.